The molecule has 8 atom stereocenters. The maximum Gasteiger partial charge on any atom is 0.323 e. The molecule has 29 heteroatoms. The lowest BCUT2D eigenvalue weighted by Crippen LogP contribution is -2.59. The maximum absolute atomic E-state index is 14.3. The van der Waals surface area contributed by atoms with Crippen molar-refractivity contribution in [3.8, 4) is 0 Å². The van der Waals surface area contributed by atoms with Crippen LogP contribution >= 0.6 is 23.1 Å². The van der Waals surface area contributed by atoms with Gasteiger partial charge in [-0.1, -0.05) is 18.2 Å². The second-order valence-electron chi connectivity index (χ2n) is 17.7. The largest absolute Gasteiger partial charge is 0.480 e. The number of nitrogens with zero attached hydrogens (tertiary/aromatic N) is 5. The Morgan fingerprint density at radius 2 is 1.51 bits per heavy atom. The third kappa shape index (κ3) is 16.5. The van der Waals surface area contributed by atoms with Crippen molar-refractivity contribution in [2.24, 2.45) is 38.7 Å². The fourth-order valence-corrected chi connectivity index (χ4v) is 10.4. The highest BCUT2D eigenvalue weighted by Crippen LogP contribution is 2.34. The number of aliphatic carboxylic acids is 1. The highest BCUT2D eigenvalue weighted by Gasteiger charge is 2.46. The van der Waals surface area contributed by atoms with Crippen molar-refractivity contribution in [2.45, 2.75) is 105 Å². The van der Waals surface area contributed by atoms with Crippen LogP contribution in [0.4, 0.5) is 5.69 Å². The van der Waals surface area contributed by atoms with Crippen LogP contribution in [0.1, 0.15) is 49.8 Å². The minimum Gasteiger partial charge on any atom is -0.480 e. The number of aliphatic hydroxyl groups is 2. The molecular formula is C45H65N15O12S2. The Morgan fingerprint density at radius 1 is 0.824 bits per heavy atom. The number of hydrogen-bond donors (Lipinski definition) is 13. The number of benzene rings is 1. The highest BCUT2D eigenvalue weighted by atomic mass is 32.2. The quantitative estimate of drug-likeness (QED) is 0.0251. The van der Waals surface area contributed by atoms with Gasteiger partial charge in [0, 0.05) is 54.5 Å². The summed E-state index contributed by atoms with van der Waals surface area (Å²) in [6.45, 7) is -2.07. The van der Waals surface area contributed by atoms with Crippen LogP contribution in [-0.4, -0.2) is 190 Å². The summed E-state index contributed by atoms with van der Waals surface area (Å²) in [4.78, 5) is 134. The zero-order valence-corrected chi connectivity index (χ0v) is 42.1. The molecule has 3 aliphatic heterocycles. The molecule has 0 aliphatic carbocycles. The smallest absolute Gasteiger partial charge is 0.323 e. The highest BCUT2D eigenvalue weighted by molar-refractivity contribution is 7.99. The Hall–Kier alpha value is -7.08. The number of rotatable bonds is 25. The van der Waals surface area contributed by atoms with E-state index in [0.29, 0.717) is 28.3 Å². The van der Waals surface area contributed by atoms with Gasteiger partial charge in [0.15, 0.2) is 11.9 Å². The van der Waals surface area contributed by atoms with Crippen LogP contribution in [-0.2, 0) is 49.6 Å². The first-order valence-corrected chi connectivity index (χ1v) is 25.7. The van der Waals surface area contributed by atoms with Gasteiger partial charge < -0.3 is 80.4 Å². The van der Waals surface area contributed by atoms with Crippen molar-refractivity contribution in [3.63, 3.8) is 0 Å². The standard InChI is InChI=1S/C45H65N15O12S2/c46-26(8-3-13-51-44(47)48)37(66)55-27(9-4-14-52-45(49)50)41(70)58-15-5-11-32(58)43(72)59-20-24(62)17-33(59)40(69)53-19-35(63)54-28(18-25-7-6-16-73-25)38(67)56-29(22-61)39(68)57-30-23-74-34-12-2-1-10-31(34)60(42(30)71)21-36(64)65/h1-2,6-7,10,12,16,24,26-30,32-33,61-62H,3-5,8-9,11,13-15,17-23,46H2,(H,53,69)(H,54,63)(H,55,66)(H,56,67)(H,57,68)(H,64,65)(H4,47,48,51)(H4,49,50,52)/t24?,26?,27-,28?,29+,30-,32+,33+/m1/s1. The first kappa shape index (κ1) is 57.8. The van der Waals surface area contributed by atoms with Crippen LogP contribution < -0.4 is 60.2 Å². The van der Waals surface area contributed by atoms with E-state index < -0.39 is 121 Å². The Morgan fingerprint density at radius 3 is 2.18 bits per heavy atom. The number of para-hydroxylation sites is 1. The molecule has 2 aromatic rings. The molecule has 404 valence electrons. The van der Waals surface area contributed by atoms with Gasteiger partial charge in [-0.05, 0) is 62.1 Å². The number of amides is 8. The van der Waals surface area contributed by atoms with Gasteiger partial charge >= 0.3 is 5.97 Å². The Balaban J connectivity index is 1.21. The number of nitrogens with two attached hydrogens (primary N) is 5. The van der Waals surface area contributed by atoms with E-state index in [9.17, 15) is 58.5 Å². The van der Waals surface area contributed by atoms with Gasteiger partial charge in [-0.15, -0.1) is 23.1 Å². The summed E-state index contributed by atoms with van der Waals surface area (Å²) in [7, 11) is 0. The van der Waals surface area contributed by atoms with Crippen LogP contribution in [0.25, 0.3) is 0 Å². The summed E-state index contributed by atoms with van der Waals surface area (Å²) in [5.74, 6) is -7.68. The molecule has 1 aromatic heterocycles. The normalized spacial score (nSPS) is 19.9. The SMILES string of the molecule is NC(N)=NCCCC(N)C(=O)N[C@H](CCCN=C(N)N)C(=O)N1CCC[C@H]1C(=O)N1CC(O)C[C@H]1C(=O)NCC(=O)NC(Cc1cccs1)C(=O)N[C@@H](CO)C(=O)N[C@@H]1CSc2ccccc2N(CC(=O)O)C1=O. The van der Waals surface area contributed by atoms with E-state index in [0.717, 1.165) is 9.80 Å². The van der Waals surface area contributed by atoms with Gasteiger partial charge in [-0.25, -0.2) is 0 Å². The van der Waals surface area contributed by atoms with Crippen molar-refractivity contribution in [3.05, 3.63) is 46.7 Å². The Bertz CT molecular complexity index is 2400. The van der Waals surface area contributed by atoms with Gasteiger partial charge in [-0.2, -0.15) is 0 Å². The fraction of sp³-hybridized carbons (Fsp3) is 0.533. The van der Waals surface area contributed by atoms with Crippen molar-refractivity contribution < 1.29 is 58.5 Å². The number of carboxylic acids is 1. The van der Waals surface area contributed by atoms with Crippen molar-refractivity contribution in [1.82, 2.24) is 36.4 Å². The van der Waals surface area contributed by atoms with E-state index in [1.165, 1.54) is 28.0 Å². The molecule has 74 heavy (non-hydrogen) atoms. The summed E-state index contributed by atoms with van der Waals surface area (Å²) in [6.07, 6.45) is 0.116. The molecule has 27 nitrogen and oxygen atoms in total. The average Bonchev–Trinajstić information content (AvgIpc) is 4.15. The zero-order valence-electron chi connectivity index (χ0n) is 40.4. The van der Waals surface area contributed by atoms with Gasteiger partial charge in [0.25, 0.3) is 5.91 Å². The first-order valence-electron chi connectivity index (χ1n) is 23.8. The molecule has 1 aromatic carbocycles. The summed E-state index contributed by atoms with van der Waals surface area (Å²) >= 11 is 2.47. The minimum absolute atomic E-state index is 0.00361. The molecule has 0 saturated carbocycles. The van der Waals surface area contributed by atoms with E-state index in [1.807, 2.05) is 0 Å². The lowest BCUT2D eigenvalue weighted by molar-refractivity contribution is -0.148. The number of carboxylic acid groups (broad SMARTS) is 1. The van der Waals surface area contributed by atoms with Gasteiger partial charge in [0.1, 0.15) is 42.8 Å². The number of anilines is 1. The molecule has 0 bridgehead atoms. The third-order valence-electron chi connectivity index (χ3n) is 12.2. The summed E-state index contributed by atoms with van der Waals surface area (Å²) in [5.41, 5.74) is 28.1. The van der Waals surface area contributed by atoms with Gasteiger partial charge in [-0.3, -0.25) is 58.0 Å². The Kier molecular flexibility index (Phi) is 21.7. The number of thiophene rings is 1. The number of carbonyl (C=O) groups is 9. The van der Waals surface area contributed by atoms with E-state index in [1.54, 1.807) is 41.8 Å². The molecule has 2 saturated heterocycles. The number of guanidine groups is 2. The van der Waals surface area contributed by atoms with E-state index >= 15 is 0 Å². The summed E-state index contributed by atoms with van der Waals surface area (Å²) in [6, 6.07) is 1.30. The molecule has 2 fully saturated rings. The molecular weight excluding hydrogens is 1010 g/mol. The molecule has 4 heterocycles. The molecule has 8 amide bonds. The Labute approximate surface area is 433 Å². The van der Waals surface area contributed by atoms with Gasteiger partial charge in [0.05, 0.1) is 31.0 Å². The fourth-order valence-electron chi connectivity index (χ4n) is 8.54. The summed E-state index contributed by atoms with van der Waals surface area (Å²) in [5, 5.41) is 44.9. The first-order chi connectivity index (χ1) is 35.3. The molecule has 18 N–H and O–H groups in total. The van der Waals surface area contributed by atoms with Crippen LogP contribution in [0, 0.1) is 0 Å². The minimum atomic E-state index is -1.62. The topological polar surface area (TPSA) is 439 Å². The lowest BCUT2D eigenvalue weighted by atomic mass is 10.1. The van der Waals surface area contributed by atoms with Gasteiger partial charge in [0.2, 0.25) is 41.4 Å². The number of aliphatic imine (C=N–C) groups is 2. The van der Waals surface area contributed by atoms with Crippen LogP contribution in [0.2, 0.25) is 0 Å². The third-order valence-corrected chi connectivity index (χ3v) is 14.2. The van der Waals surface area contributed by atoms with Crippen molar-refractivity contribution >= 4 is 93.9 Å². The molecule has 3 unspecified atom stereocenters. The number of likely N-dealkylation sites (tertiary alicyclic amines) is 2. The number of hydrogen-bond acceptors (Lipinski definition) is 16. The zero-order chi connectivity index (χ0) is 54.1. The number of fused-ring (bicyclic) bond motifs is 1. The van der Waals surface area contributed by atoms with E-state index in [-0.39, 0.29) is 82.4 Å². The predicted molar refractivity (Wildman–Crippen MR) is 272 cm³/mol. The average molecular weight is 1070 g/mol. The number of β-amino-alcohol motifs (C(OH)–C–C–N with tert-alkyl or cyclic N) is 1. The number of thioether (sulfide) groups is 1. The number of carbonyl (C=O) groups excluding carboxylic acids is 8. The lowest BCUT2D eigenvalue weighted by Gasteiger charge is -2.33. The molecule has 5 rings (SSSR count). The number of nitrogens with one attached hydrogen (secondary N) is 5. The van der Waals surface area contributed by atoms with Crippen molar-refractivity contribution in [1.29, 1.82) is 0 Å². The van der Waals surface area contributed by atoms with Crippen molar-refractivity contribution in [2.75, 3.05) is 56.5 Å². The summed E-state index contributed by atoms with van der Waals surface area (Å²) < 4.78 is 0. The molecule has 0 radical (unpaired) electrons. The van der Waals surface area contributed by atoms with Crippen LogP contribution in [0.15, 0.2) is 56.7 Å². The molecule has 3 aliphatic rings. The van der Waals surface area contributed by atoms with E-state index in [2.05, 4.69) is 36.6 Å². The second-order valence-corrected chi connectivity index (χ2v) is 19.8. The van der Waals surface area contributed by atoms with E-state index in [4.69, 9.17) is 28.7 Å². The van der Waals surface area contributed by atoms with Crippen LogP contribution in [0.5, 0.6) is 0 Å². The maximum atomic E-state index is 14.3. The predicted octanol–water partition coefficient (Wildman–Crippen LogP) is -5.05. The van der Waals surface area contributed by atoms with Crippen LogP contribution in [0.3, 0.4) is 0 Å². The second kappa shape index (κ2) is 27.8. The number of aliphatic hydroxyl groups excluding tert-OH is 2. The molecule has 0 spiro atoms. The monoisotopic (exact) mass is 1070 g/mol.